The van der Waals surface area contributed by atoms with Gasteiger partial charge in [-0.15, -0.1) is 10.2 Å². The molecule has 24 heavy (non-hydrogen) atoms. The third kappa shape index (κ3) is 2.55. The zero-order valence-corrected chi connectivity index (χ0v) is 14.0. The van der Waals surface area contributed by atoms with Crippen molar-refractivity contribution in [1.82, 2.24) is 14.6 Å². The van der Waals surface area contributed by atoms with Gasteiger partial charge in [0.25, 0.3) is 0 Å². The van der Waals surface area contributed by atoms with Crippen LogP contribution in [-0.2, 0) is 0 Å². The predicted octanol–water partition coefficient (Wildman–Crippen LogP) is 3.77. The fourth-order valence-corrected chi connectivity index (χ4v) is 3.42. The number of aromatic nitrogens is 3. The summed E-state index contributed by atoms with van der Waals surface area (Å²) in [6.07, 6.45) is 3.89. The van der Waals surface area contributed by atoms with Gasteiger partial charge in [0, 0.05) is 12.0 Å². The second kappa shape index (κ2) is 5.91. The van der Waals surface area contributed by atoms with E-state index in [1.807, 2.05) is 34.9 Å². The van der Waals surface area contributed by atoms with Crippen molar-refractivity contribution in [2.24, 2.45) is 5.73 Å². The first-order valence-corrected chi connectivity index (χ1v) is 8.49. The molecule has 2 atom stereocenters. The van der Waals surface area contributed by atoms with Gasteiger partial charge in [-0.3, -0.25) is 4.40 Å². The van der Waals surface area contributed by atoms with E-state index in [4.69, 9.17) is 10.5 Å². The molecule has 124 valence electrons. The zero-order valence-electron chi connectivity index (χ0n) is 14.0. The lowest BCUT2D eigenvalue weighted by Gasteiger charge is -2.30. The van der Waals surface area contributed by atoms with Crippen LogP contribution < -0.4 is 10.5 Å². The van der Waals surface area contributed by atoms with Crippen molar-refractivity contribution in [2.75, 3.05) is 0 Å². The number of nitrogens with two attached hydrogens (primary N) is 1. The quantitative estimate of drug-likeness (QED) is 0.797. The van der Waals surface area contributed by atoms with E-state index in [1.165, 1.54) is 11.1 Å². The molecule has 1 aliphatic rings. The molecule has 0 radical (unpaired) electrons. The second-order valence-corrected chi connectivity index (χ2v) is 6.73. The van der Waals surface area contributed by atoms with Gasteiger partial charge in [0.15, 0.2) is 5.65 Å². The monoisotopic (exact) mass is 322 g/mol. The topological polar surface area (TPSA) is 65.4 Å². The SMILES string of the molecule is CC(C)c1nnc2ccc(O[C@@H]3CC[C@H](N)c4ccccc43)cn12. The number of nitrogens with zero attached hydrogens (tertiary/aromatic N) is 3. The largest absolute Gasteiger partial charge is 0.484 e. The first kappa shape index (κ1) is 15.1. The molecule has 4 rings (SSSR count). The Labute approximate surface area is 141 Å². The average Bonchev–Trinajstić information content (AvgIpc) is 3.01. The van der Waals surface area contributed by atoms with Crippen LogP contribution in [0, 0.1) is 0 Å². The number of rotatable bonds is 3. The number of hydrogen-bond donors (Lipinski definition) is 1. The van der Waals surface area contributed by atoms with E-state index < -0.39 is 0 Å². The third-order valence-corrected chi connectivity index (χ3v) is 4.68. The highest BCUT2D eigenvalue weighted by atomic mass is 16.5. The number of benzene rings is 1. The summed E-state index contributed by atoms with van der Waals surface area (Å²) in [6, 6.07) is 12.3. The summed E-state index contributed by atoms with van der Waals surface area (Å²) < 4.78 is 8.32. The van der Waals surface area contributed by atoms with E-state index >= 15 is 0 Å². The predicted molar refractivity (Wildman–Crippen MR) is 93.0 cm³/mol. The minimum atomic E-state index is 0.0393. The van der Waals surface area contributed by atoms with E-state index in [9.17, 15) is 0 Å². The highest BCUT2D eigenvalue weighted by Crippen LogP contribution is 2.37. The van der Waals surface area contributed by atoms with Crippen molar-refractivity contribution in [3.05, 3.63) is 59.5 Å². The maximum absolute atomic E-state index is 6.31. The lowest BCUT2D eigenvalue weighted by molar-refractivity contribution is 0.176. The van der Waals surface area contributed by atoms with Crippen molar-refractivity contribution in [1.29, 1.82) is 0 Å². The molecule has 5 nitrogen and oxygen atoms in total. The molecule has 0 saturated heterocycles. The number of fused-ring (bicyclic) bond motifs is 2. The van der Waals surface area contributed by atoms with Crippen LogP contribution in [0.5, 0.6) is 5.75 Å². The van der Waals surface area contributed by atoms with Gasteiger partial charge in [-0.25, -0.2) is 0 Å². The maximum Gasteiger partial charge on any atom is 0.161 e. The molecule has 0 saturated carbocycles. The molecule has 0 spiro atoms. The summed E-state index contributed by atoms with van der Waals surface area (Å²) in [5.41, 5.74) is 9.48. The van der Waals surface area contributed by atoms with Crippen LogP contribution in [0.1, 0.15) is 61.7 Å². The minimum Gasteiger partial charge on any atom is -0.484 e. The van der Waals surface area contributed by atoms with Gasteiger partial charge in [-0.05, 0) is 36.1 Å². The number of pyridine rings is 1. The van der Waals surface area contributed by atoms with Crippen LogP contribution in [0.25, 0.3) is 5.65 Å². The molecule has 5 heteroatoms. The first-order valence-electron chi connectivity index (χ1n) is 8.49. The Bertz CT molecular complexity index is 871. The van der Waals surface area contributed by atoms with Gasteiger partial charge >= 0.3 is 0 Å². The summed E-state index contributed by atoms with van der Waals surface area (Å²) in [7, 11) is 0. The average molecular weight is 322 g/mol. The Balaban J connectivity index is 1.67. The first-order chi connectivity index (χ1) is 11.6. The summed E-state index contributed by atoms with van der Waals surface area (Å²) in [5.74, 6) is 2.09. The molecular formula is C19H22N4O. The maximum atomic E-state index is 6.31. The molecule has 0 aliphatic heterocycles. The van der Waals surface area contributed by atoms with Gasteiger partial charge in [-0.1, -0.05) is 38.1 Å². The van der Waals surface area contributed by atoms with Gasteiger partial charge in [0.1, 0.15) is 17.7 Å². The van der Waals surface area contributed by atoms with Crippen LogP contribution in [0.4, 0.5) is 0 Å². The van der Waals surface area contributed by atoms with E-state index in [1.54, 1.807) is 0 Å². The molecule has 3 aromatic rings. The molecule has 2 heterocycles. The Kier molecular flexibility index (Phi) is 3.73. The Morgan fingerprint density at radius 2 is 1.88 bits per heavy atom. The highest BCUT2D eigenvalue weighted by Gasteiger charge is 2.26. The van der Waals surface area contributed by atoms with Crippen LogP contribution in [0.3, 0.4) is 0 Å². The lowest BCUT2D eigenvalue weighted by Crippen LogP contribution is -2.23. The summed E-state index contributed by atoms with van der Waals surface area (Å²) in [5, 5.41) is 8.48. The summed E-state index contributed by atoms with van der Waals surface area (Å²) >= 11 is 0. The molecule has 2 N–H and O–H groups in total. The van der Waals surface area contributed by atoms with Gasteiger partial charge in [-0.2, -0.15) is 0 Å². The molecule has 0 bridgehead atoms. The lowest BCUT2D eigenvalue weighted by atomic mass is 9.86. The normalized spacial score (nSPS) is 20.3. The standard InChI is InChI=1S/C19H22N4O/c1-12(2)19-22-21-18-10-7-13(11-23(18)19)24-17-9-8-16(20)14-5-3-4-6-15(14)17/h3-7,10-12,16-17H,8-9,20H2,1-2H3/t16-,17+/m0/s1. The van der Waals surface area contributed by atoms with Crippen LogP contribution in [-0.4, -0.2) is 14.6 Å². The van der Waals surface area contributed by atoms with E-state index in [2.05, 4.69) is 36.2 Å². The van der Waals surface area contributed by atoms with Crippen molar-refractivity contribution in [3.8, 4) is 5.75 Å². The molecule has 0 fully saturated rings. The summed E-state index contributed by atoms with van der Waals surface area (Å²) in [4.78, 5) is 0. The number of hydrogen-bond acceptors (Lipinski definition) is 4. The Morgan fingerprint density at radius 3 is 2.67 bits per heavy atom. The number of ether oxygens (including phenoxy) is 1. The van der Waals surface area contributed by atoms with Crippen molar-refractivity contribution in [3.63, 3.8) is 0 Å². The molecule has 0 amide bonds. The van der Waals surface area contributed by atoms with Gasteiger partial charge in [0.05, 0.1) is 6.20 Å². The molecular weight excluding hydrogens is 300 g/mol. The van der Waals surface area contributed by atoms with Crippen LogP contribution >= 0.6 is 0 Å². The molecule has 1 aromatic carbocycles. The highest BCUT2D eigenvalue weighted by molar-refractivity contribution is 5.42. The Hall–Kier alpha value is -2.40. The fraction of sp³-hybridized carbons (Fsp3) is 0.368. The fourth-order valence-electron chi connectivity index (χ4n) is 3.42. The van der Waals surface area contributed by atoms with Gasteiger partial charge in [0.2, 0.25) is 0 Å². The van der Waals surface area contributed by atoms with E-state index in [-0.39, 0.29) is 12.1 Å². The van der Waals surface area contributed by atoms with Crippen LogP contribution in [0.2, 0.25) is 0 Å². The van der Waals surface area contributed by atoms with Crippen molar-refractivity contribution >= 4 is 5.65 Å². The summed E-state index contributed by atoms with van der Waals surface area (Å²) in [6.45, 7) is 4.23. The molecule has 1 aliphatic carbocycles. The smallest absolute Gasteiger partial charge is 0.161 e. The molecule has 0 unspecified atom stereocenters. The molecule has 2 aromatic heterocycles. The minimum absolute atomic E-state index is 0.0393. The van der Waals surface area contributed by atoms with Crippen molar-refractivity contribution in [2.45, 2.75) is 44.8 Å². The van der Waals surface area contributed by atoms with E-state index in [0.717, 1.165) is 30.1 Å². The zero-order chi connectivity index (χ0) is 16.7. The van der Waals surface area contributed by atoms with Crippen LogP contribution in [0.15, 0.2) is 42.6 Å². The Morgan fingerprint density at radius 1 is 1.08 bits per heavy atom. The van der Waals surface area contributed by atoms with E-state index in [0.29, 0.717) is 5.92 Å². The van der Waals surface area contributed by atoms with Gasteiger partial charge < -0.3 is 10.5 Å². The third-order valence-electron chi connectivity index (χ3n) is 4.68. The second-order valence-electron chi connectivity index (χ2n) is 6.73. The van der Waals surface area contributed by atoms with Crippen molar-refractivity contribution < 1.29 is 4.74 Å².